The Morgan fingerprint density at radius 1 is 1.17 bits per heavy atom. The van der Waals surface area contributed by atoms with Gasteiger partial charge in [0.05, 0.1) is 7.11 Å². The lowest BCUT2D eigenvalue weighted by Gasteiger charge is -2.31. The van der Waals surface area contributed by atoms with Gasteiger partial charge in [-0.1, -0.05) is 12.1 Å². The summed E-state index contributed by atoms with van der Waals surface area (Å²) >= 11 is 0. The molecule has 1 amide bonds. The molecule has 2 heterocycles. The quantitative estimate of drug-likeness (QED) is 0.699. The molecule has 0 atom stereocenters. The molecule has 0 saturated carbocycles. The third kappa shape index (κ3) is 5.45. The van der Waals surface area contributed by atoms with Gasteiger partial charge in [0.2, 0.25) is 10.0 Å². The van der Waals surface area contributed by atoms with Crippen LogP contribution in [0.25, 0.3) is 0 Å². The summed E-state index contributed by atoms with van der Waals surface area (Å²) in [7, 11) is -1.97. The molecule has 0 aliphatic carbocycles. The molecule has 0 unspecified atom stereocenters. The zero-order valence-corrected chi connectivity index (χ0v) is 17.1. The molecule has 0 spiro atoms. The maximum absolute atomic E-state index is 12.6. The molecule has 1 aliphatic heterocycles. The van der Waals surface area contributed by atoms with Gasteiger partial charge in [0, 0.05) is 32.0 Å². The normalized spacial score (nSPS) is 15.6. The summed E-state index contributed by atoms with van der Waals surface area (Å²) in [4.78, 5) is 16.2. The molecule has 1 saturated heterocycles. The molecule has 1 aromatic carbocycles. The first-order valence-electron chi connectivity index (χ1n) is 9.43. The first-order valence-corrected chi connectivity index (χ1v) is 10.9. The SMILES string of the molecule is COc1ccccc1OCC(=O)NCC1CCN(S(=O)(=O)c2cccnc2)CC1. The third-order valence-electron chi connectivity index (χ3n) is 4.86. The van der Waals surface area contributed by atoms with E-state index in [1.54, 1.807) is 37.6 Å². The maximum Gasteiger partial charge on any atom is 0.257 e. The Bertz CT molecular complexity index is 913. The smallest absolute Gasteiger partial charge is 0.257 e. The number of methoxy groups -OCH3 is 1. The summed E-state index contributed by atoms with van der Waals surface area (Å²) in [6.45, 7) is 1.24. The van der Waals surface area contributed by atoms with E-state index in [0.717, 1.165) is 0 Å². The van der Waals surface area contributed by atoms with Crippen LogP contribution in [0.3, 0.4) is 0 Å². The molecule has 29 heavy (non-hydrogen) atoms. The van der Waals surface area contributed by atoms with E-state index in [9.17, 15) is 13.2 Å². The van der Waals surface area contributed by atoms with Crippen LogP contribution >= 0.6 is 0 Å². The van der Waals surface area contributed by atoms with Crippen LogP contribution in [0.15, 0.2) is 53.7 Å². The van der Waals surface area contributed by atoms with E-state index in [1.807, 2.05) is 12.1 Å². The monoisotopic (exact) mass is 419 g/mol. The lowest BCUT2D eigenvalue weighted by atomic mass is 9.98. The number of amides is 1. The number of nitrogens with zero attached hydrogens (tertiary/aromatic N) is 2. The van der Waals surface area contributed by atoms with Gasteiger partial charge in [0.25, 0.3) is 5.91 Å². The van der Waals surface area contributed by atoms with Gasteiger partial charge in [-0.25, -0.2) is 8.42 Å². The minimum atomic E-state index is -3.51. The molecule has 9 heteroatoms. The zero-order chi connectivity index (χ0) is 20.7. The van der Waals surface area contributed by atoms with Crippen LogP contribution in [-0.2, 0) is 14.8 Å². The molecule has 1 aromatic heterocycles. The number of aromatic nitrogens is 1. The number of para-hydroxylation sites is 2. The van der Waals surface area contributed by atoms with E-state index in [1.165, 1.54) is 10.5 Å². The first-order chi connectivity index (χ1) is 14.0. The van der Waals surface area contributed by atoms with Crippen LogP contribution in [0.1, 0.15) is 12.8 Å². The van der Waals surface area contributed by atoms with E-state index in [4.69, 9.17) is 9.47 Å². The minimum absolute atomic E-state index is 0.103. The highest BCUT2D eigenvalue weighted by Crippen LogP contribution is 2.26. The predicted molar refractivity (Wildman–Crippen MR) is 107 cm³/mol. The van der Waals surface area contributed by atoms with Crippen LogP contribution in [0, 0.1) is 5.92 Å². The average Bonchev–Trinajstić information content (AvgIpc) is 2.77. The number of sulfonamides is 1. The number of carbonyl (C=O) groups is 1. The second-order valence-corrected chi connectivity index (χ2v) is 8.72. The molecule has 1 aliphatic rings. The van der Waals surface area contributed by atoms with Gasteiger partial charge in [-0.15, -0.1) is 0 Å². The Hall–Kier alpha value is -2.65. The largest absolute Gasteiger partial charge is 0.493 e. The van der Waals surface area contributed by atoms with Crippen molar-refractivity contribution in [3.63, 3.8) is 0 Å². The van der Waals surface area contributed by atoms with Gasteiger partial charge in [-0.2, -0.15) is 4.31 Å². The first kappa shape index (κ1) is 21.1. The number of nitrogens with one attached hydrogen (secondary N) is 1. The van der Waals surface area contributed by atoms with E-state index >= 15 is 0 Å². The molecule has 0 bridgehead atoms. The molecule has 0 radical (unpaired) electrons. The second-order valence-electron chi connectivity index (χ2n) is 6.78. The minimum Gasteiger partial charge on any atom is -0.493 e. The highest BCUT2D eigenvalue weighted by atomic mass is 32.2. The summed E-state index contributed by atoms with van der Waals surface area (Å²) in [6.07, 6.45) is 4.29. The number of pyridine rings is 1. The van der Waals surface area contributed by atoms with Crippen molar-refractivity contribution in [3.8, 4) is 11.5 Å². The highest BCUT2D eigenvalue weighted by molar-refractivity contribution is 7.89. The van der Waals surface area contributed by atoms with Crippen molar-refractivity contribution in [2.75, 3.05) is 33.4 Å². The zero-order valence-electron chi connectivity index (χ0n) is 16.3. The van der Waals surface area contributed by atoms with Gasteiger partial charge in [0.15, 0.2) is 18.1 Å². The molecule has 1 N–H and O–H groups in total. The number of benzene rings is 1. The molecule has 156 valence electrons. The highest BCUT2D eigenvalue weighted by Gasteiger charge is 2.29. The number of hydrogen-bond acceptors (Lipinski definition) is 6. The van der Waals surface area contributed by atoms with E-state index in [-0.39, 0.29) is 23.3 Å². The fourth-order valence-electron chi connectivity index (χ4n) is 3.19. The van der Waals surface area contributed by atoms with Gasteiger partial charge in [0.1, 0.15) is 4.90 Å². The van der Waals surface area contributed by atoms with Crippen LogP contribution in [0.2, 0.25) is 0 Å². The van der Waals surface area contributed by atoms with E-state index in [2.05, 4.69) is 10.3 Å². The Labute approximate surface area is 170 Å². The average molecular weight is 420 g/mol. The lowest BCUT2D eigenvalue weighted by molar-refractivity contribution is -0.123. The van der Waals surface area contributed by atoms with Crippen LogP contribution in [0.4, 0.5) is 0 Å². The lowest BCUT2D eigenvalue weighted by Crippen LogP contribution is -2.42. The van der Waals surface area contributed by atoms with Crippen LogP contribution in [0.5, 0.6) is 11.5 Å². The summed E-state index contributed by atoms with van der Waals surface area (Å²) in [5, 5.41) is 2.86. The molecule has 8 nitrogen and oxygen atoms in total. The van der Waals surface area contributed by atoms with Crippen molar-refractivity contribution in [1.82, 2.24) is 14.6 Å². The molecule has 3 rings (SSSR count). The Balaban J connectivity index is 1.42. The standard InChI is InChI=1S/C20H25N3O5S/c1-27-18-6-2-3-7-19(18)28-15-20(24)22-13-16-8-11-23(12-9-16)29(25,26)17-5-4-10-21-14-17/h2-7,10,14,16H,8-9,11-13,15H2,1H3,(H,22,24). The molecular formula is C20H25N3O5S. The van der Waals surface area contributed by atoms with Crippen LogP contribution < -0.4 is 14.8 Å². The Kier molecular flexibility index (Phi) is 7.05. The van der Waals surface area contributed by atoms with E-state index in [0.29, 0.717) is 44.0 Å². The van der Waals surface area contributed by atoms with Crippen molar-refractivity contribution in [2.24, 2.45) is 5.92 Å². The van der Waals surface area contributed by atoms with Crippen LogP contribution in [-0.4, -0.2) is 57.0 Å². The van der Waals surface area contributed by atoms with Gasteiger partial charge < -0.3 is 14.8 Å². The molecule has 1 fully saturated rings. The second kappa shape index (κ2) is 9.71. The third-order valence-corrected chi connectivity index (χ3v) is 6.74. The number of ether oxygens (including phenoxy) is 2. The summed E-state index contributed by atoms with van der Waals surface area (Å²) in [6, 6.07) is 10.3. The number of rotatable bonds is 8. The van der Waals surface area contributed by atoms with Gasteiger partial charge >= 0.3 is 0 Å². The topological polar surface area (TPSA) is 97.8 Å². The van der Waals surface area contributed by atoms with Gasteiger partial charge in [-0.3, -0.25) is 9.78 Å². The maximum atomic E-state index is 12.6. The summed E-state index contributed by atoms with van der Waals surface area (Å²) < 4.78 is 37.4. The number of carbonyl (C=O) groups excluding carboxylic acids is 1. The van der Waals surface area contributed by atoms with Crippen molar-refractivity contribution in [1.29, 1.82) is 0 Å². The summed E-state index contributed by atoms with van der Waals surface area (Å²) in [5.41, 5.74) is 0. The predicted octanol–water partition coefficient (Wildman–Crippen LogP) is 1.69. The van der Waals surface area contributed by atoms with Crippen molar-refractivity contribution in [2.45, 2.75) is 17.7 Å². The van der Waals surface area contributed by atoms with Crippen molar-refractivity contribution >= 4 is 15.9 Å². The molecular weight excluding hydrogens is 394 g/mol. The van der Waals surface area contributed by atoms with Crippen molar-refractivity contribution in [3.05, 3.63) is 48.8 Å². The van der Waals surface area contributed by atoms with E-state index < -0.39 is 10.0 Å². The fraction of sp³-hybridized carbons (Fsp3) is 0.400. The fourth-order valence-corrected chi connectivity index (χ4v) is 4.63. The number of piperidine rings is 1. The molecule has 2 aromatic rings. The van der Waals surface area contributed by atoms with Gasteiger partial charge in [-0.05, 0) is 43.0 Å². The number of hydrogen-bond donors (Lipinski definition) is 1. The Morgan fingerprint density at radius 2 is 1.90 bits per heavy atom. The van der Waals surface area contributed by atoms with Crippen molar-refractivity contribution < 1.29 is 22.7 Å². The summed E-state index contributed by atoms with van der Waals surface area (Å²) in [5.74, 6) is 1.09. The Morgan fingerprint density at radius 3 is 2.55 bits per heavy atom.